The second-order valence-corrected chi connectivity index (χ2v) is 15.6. The molecule has 0 fully saturated rings. The third kappa shape index (κ3) is 6.67. The number of hydrogen-bond acceptors (Lipinski definition) is 8. The van der Waals surface area contributed by atoms with E-state index in [0.717, 1.165) is 68.1 Å². The van der Waals surface area contributed by atoms with Crippen molar-refractivity contribution in [2.75, 3.05) is 13.1 Å². The Labute approximate surface area is 332 Å². The number of thiophene rings is 2. The minimum absolute atomic E-state index is 0.661. The highest BCUT2D eigenvalue weighted by atomic mass is 32.1. The minimum Gasteiger partial charge on any atom is -0.330 e. The van der Waals surface area contributed by atoms with Crippen molar-refractivity contribution < 1.29 is 0 Å². The quantitative estimate of drug-likeness (QED) is 0.159. The molecule has 10 aromatic rings. The van der Waals surface area contributed by atoms with Crippen molar-refractivity contribution in [3.05, 3.63) is 154 Å². The number of benzene rings is 4. The molecule has 0 radical (unpaired) electrons. The van der Waals surface area contributed by atoms with Crippen LogP contribution in [-0.4, -0.2) is 42.2 Å². The smallest absolute Gasteiger partial charge is 0.108 e. The Morgan fingerprint density at radius 3 is 1.36 bits per heavy atom. The Morgan fingerprint density at radius 2 is 0.964 bits per heavy atom. The molecular weight excluding hydrogens is 729 g/mol. The first-order valence-corrected chi connectivity index (χ1v) is 20.5. The Balaban J connectivity index is 0.000000146. The molecule has 56 heavy (non-hydrogen) atoms. The van der Waals surface area contributed by atoms with Crippen LogP contribution in [-0.2, 0) is 12.8 Å². The average molecular weight is 769 g/mol. The summed E-state index contributed by atoms with van der Waals surface area (Å²) in [7, 11) is 0. The molecule has 4 aromatic carbocycles. The molecule has 0 saturated carbocycles. The molecule has 8 nitrogen and oxygen atoms in total. The molecule has 0 spiro atoms. The summed E-state index contributed by atoms with van der Waals surface area (Å²) < 4.78 is 4.36. The molecule has 6 heterocycles. The maximum atomic E-state index is 5.71. The number of hydrogen-bond donors (Lipinski definition) is 2. The van der Waals surface area contributed by atoms with Gasteiger partial charge in [0.05, 0.1) is 45.8 Å². The van der Waals surface area contributed by atoms with E-state index in [1.54, 1.807) is 22.7 Å². The summed E-state index contributed by atoms with van der Waals surface area (Å²) in [4.78, 5) is 18.5. The fraction of sp³-hybridized carbons (Fsp3) is 0.130. The lowest BCUT2D eigenvalue weighted by molar-refractivity contribution is 0.962. The number of nitrogens with two attached hydrogens (primary N) is 2. The van der Waals surface area contributed by atoms with E-state index in [-0.39, 0.29) is 0 Å². The standard InChI is InChI=1S/2C23H20N4S/c2*1-15-10-16(6-8-24)2-5-22(15)27-14-26-21-12-25-20-4-3-17(11-19(20)23(21)27)18-7-9-28-13-18/h2*2-5,7,9-14H,6,8,24H2,1H3. The van der Waals surface area contributed by atoms with E-state index >= 15 is 0 Å². The highest BCUT2D eigenvalue weighted by molar-refractivity contribution is 7.08. The van der Waals surface area contributed by atoms with Crippen LogP contribution in [0.1, 0.15) is 22.3 Å². The maximum absolute atomic E-state index is 5.71. The van der Waals surface area contributed by atoms with E-state index in [2.05, 4.69) is 149 Å². The molecule has 0 atom stereocenters. The summed E-state index contributed by atoms with van der Waals surface area (Å²) in [6, 6.07) is 30.3. The van der Waals surface area contributed by atoms with Gasteiger partial charge in [-0.1, -0.05) is 36.4 Å². The van der Waals surface area contributed by atoms with Gasteiger partial charge in [-0.25, -0.2) is 9.97 Å². The monoisotopic (exact) mass is 768 g/mol. The summed E-state index contributed by atoms with van der Waals surface area (Å²) in [5.41, 5.74) is 29.5. The van der Waals surface area contributed by atoms with Gasteiger partial charge >= 0.3 is 0 Å². The number of fused-ring (bicyclic) bond motifs is 6. The van der Waals surface area contributed by atoms with Gasteiger partial charge in [0, 0.05) is 10.8 Å². The van der Waals surface area contributed by atoms with Crippen LogP contribution in [0.3, 0.4) is 0 Å². The molecular formula is C46H40N8S2. The van der Waals surface area contributed by atoms with Gasteiger partial charge < -0.3 is 11.5 Å². The van der Waals surface area contributed by atoms with Crippen LogP contribution in [0.5, 0.6) is 0 Å². The number of nitrogens with zero attached hydrogens (tertiary/aromatic N) is 6. The van der Waals surface area contributed by atoms with Crippen molar-refractivity contribution in [1.82, 2.24) is 29.1 Å². The summed E-state index contributed by atoms with van der Waals surface area (Å²) in [5, 5.41) is 10.8. The van der Waals surface area contributed by atoms with E-state index < -0.39 is 0 Å². The van der Waals surface area contributed by atoms with Gasteiger partial charge in [-0.3, -0.25) is 19.1 Å². The van der Waals surface area contributed by atoms with E-state index in [9.17, 15) is 0 Å². The second-order valence-electron chi connectivity index (χ2n) is 14.0. The van der Waals surface area contributed by atoms with Crippen LogP contribution in [0.2, 0.25) is 0 Å². The Morgan fingerprint density at radius 1 is 0.500 bits per heavy atom. The second kappa shape index (κ2) is 15.2. The lowest BCUT2D eigenvalue weighted by Gasteiger charge is -2.12. The molecule has 0 unspecified atom stereocenters. The number of aromatic nitrogens is 6. The van der Waals surface area contributed by atoms with Gasteiger partial charge in [-0.15, -0.1) is 0 Å². The van der Waals surface area contributed by atoms with E-state index in [1.807, 2.05) is 25.0 Å². The van der Waals surface area contributed by atoms with Crippen LogP contribution in [0.25, 0.3) is 77.5 Å². The molecule has 0 aliphatic heterocycles. The van der Waals surface area contributed by atoms with Crippen molar-refractivity contribution in [2.24, 2.45) is 11.5 Å². The predicted octanol–water partition coefficient (Wildman–Crippen LogP) is 10.2. The highest BCUT2D eigenvalue weighted by Gasteiger charge is 2.15. The zero-order valence-electron chi connectivity index (χ0n) is 31.2. The van der Waals surface area contributed by atoms with Crippen LogP contribution >= 0.6 is 22.7 Å². The third-order valence-electron chi connectivity index (χ3n) is 10.4. The van der Waals surface area contributed by atoms with Gasteiger partial charge in [0.1, 0.15) is 23.7 Å². The van der Waals surface area contributed by atoms with E-state index in [1.165, 1.54) is 44.5 Å². The molecule has 0 saturated heterocycles. The van der Waals surface area contributed by atoms with Crippen LogP contribution in [0.4, 0.5) is 0 Å². The normalized spacial score (nSPS) is 11.5. The number of aryl methyl sites for hydroxylation is 2. The average Bonchev–Trinajstić information content (AvgIpc) is 4.06. The Bertz CT molecular complexity index is 2770. The van der Waals surface area contributed by atoms with Crippen molar-refractivity contribution in [2.45, 2.75) is 26.7 Å². The van der Waals surface area contributed by atoms with Crippen molar-refractivity contribution >= 4 is 66.5 Å². The molecule has 0 aliphatic rings. The zero-order valence-corrected chi connectivity index (χ0v) is 32.8. The lowest BCUT2D eigenvalue weighted by atomic mass is 10.0. The molecule has 0 amide bonds. The topological polar surface area (TPSA) is 113 Å². The first-order valence-electron chi connectivity index (χ1n) is 18.7. The van der Waals surface area contributed by atoms with Crippen LogP contribution in [0.15, 0.2) is 131 Å². The minimum atomic E-state index is 0.661. The largest absolute Gasteiger partial charge is 0.330 e. The number of imidazole rings is 2. The lowest BCUT2D eigenvalue weighted by Crippen LogP contribution is -2.04. The summed E-state index contributed by atoms with van der Waals surface area (Å²) in [5.74, 6) is 0. The SMILES string of the molecule is Cc1cc(CCN)ccc1-n1cnc2cnc3ccc(-c4ccsc4)cc3c21.Cc1cc(CCN)ccc1-n1cnc2cnc3ccc(-c4ccsc4)cc3c21. The van der Waals surface area contributed by atoms with E-state index in [4.69, 9.17) is 11.5 Å². The zero-order chi connectivity index (χ0) is 38.2. The Hall–Kier alpha value is -6.04. The summed E-state index contributed by atoms with van der Waals surface area (Å²) in [6.07, 6.45) is 9.29. The molecule has 0 aliphatic carbocycles. The first kappa shape index (κ1) is 35.6. The Kier molecular flexibility index (Phi) is 9.70. The molecule has 10 rings (SSSR count). The predicted molar refractivity (Wildman–Crippen MR) is 234 cm³/mol. The third-order valence-corrected chi connectivity index (χ3v) is 11.7. The van der Waals surface area contributed by atoms with Gasteiger partial charge in [-0.05, 0) is 154 Å². The maximum Gasteiger partial charge on any atom is 0.108 e. The van der Waals surface area contributed by atoms with E-state index in [0.29, 0.717) is 13.1 Å². The van der Waals surface area contributed by atoms with Crippen LogP contribution < -0.4 is 11.5 Å². The molecule has 0 bridgehead atoms. The number of pyridine rings is 2. The first-order chi connectivity index (χ1) is 27.5. The highest BCUT2D eigenvalue weighted by Crippen LogP contribution is 2.33. The van der Waals surface area contributed by atoms with Crippen molar-refractivity contribution in [1.29, 1.82) is 0 Å². The fourth-order valence-electron chi connectivity index (χ4n) is 7.59. The van der Waals surface area contributed by atoms with Gasteiger partial charge in [-0.2, -0.15) is 22.7 Å². The fourth-order valence-corrected chi connectivity index (χ4v) is 8.92. The molecule has 10 heteroatoms. The molecule has 276 valence electrons. The molecule has 6 aromatic heterocycles. The number of rotatable bonds is 8. The van der Waals surface area contributed by atoms with Gasteiger partial charge in [0.25, 0.3) is 0 Å². The van der Waals surface area contributed by atoms with Crippen molar-refractivity contribution in [3.63, 3.8) is 0 Å². The van der Waals surface area contributed by atoms with Gasteiger partial charge in [0.15, 0.2) is 0 Å². The molecule has 4 N–H and O–H groups in total. The summed E-state index contributed by atoms with van der Waals surface area (Å²) in [6.45, 7) is 5.60. The van der Waals surface area contributed by atoms with Crippen LogP contribution in [0, 0.1) is 13.8 Å². The summed E-state index contributed by atoms with van der Waals surface area (Å²) >= 11 is 3.42. The van der Waals surface area contributed by atoms with Gasteiger partial charge in [0.2, 0.25) is 0 Å². The van der Waals surface area contributed by atoms with Crippen molar-refractivity contribution in [3.8, 4) is 33.6 Å².